The summed E-state index contributed by atoms with van der Waals surface area (Å²) in [4.78, 5) is 17.9. The maximum atomic E-state index is 11.4. The van der Waals surface area contributed by atoms with Gasteiger partial charge < -0.3 is 15.0 Å². The summed E-state index contributed by atoms with van der Waals surface area (Å²) >= 11 is 1.64. The molecule has 0 fully saturated rings. The predicted molar refractivity (Wildman–Crippen MR) is 71.6 cm³/mol. The fourth-order valence-corrected chi connectivity index (χ4v) is 2.13. The summed E-state index contributed by atoms with van der Waals surface area (Å²) in [6.45, 7) is 8.70. The maximum Gasteiger partial charge on any atom is 0.407 e. The van der Waals surface area contributed by atoms with Crippen LogP contribution < -0.4 is 5.32 Å². The topological polar surface area (TPSA) is 53.9 Å². The lowest BCUT2D eigenvalue weighted by atomic mass is 10.2. The molecule has 0 saturated heterocycles. The van der Waals surface area contributed by atoms with Crippen LogP contribution in [0.2, 0.25) is 0 Å². The van der Waals surface area contributed by atoms with Crippen LogP contribution in [-0.2, 0) is 4.74 Å². The van der Waals surface area contributed by atoms with E-state index in [0.717, 1.165) is 24.8 Å². The molecule has 1 aliphatic rings. The number of thioether (sulfide) groups is 1. The zero-order valence-corrected chi connectivity index (χ0v) is 11.8. The Labute approximate surface area is 107 Å². The second kappa shape index (κ2) is 6.14. The molecule has 0 saturated carbocycles. The standard InChI is InChI=1S/C11H21N3O2S/c1-11(2,3)16-10(15)13-6-8-14-7-5-12-9(14)17-4/h5-8H2,1-4H3,(H,13,15). The van der Waals surface area contributed by atoms with E-state index in [1.165, 1.54) is 0 Å². The van der Waals surface area contributed by atoms with Gasteiger partial charge in [-0.3, -0.25) is 4.99 Å². The number of nitrogens with one attached hydrogen (secondary N) is 1. The smallest absolute Gasteiger partial charge is 0.407 e. The van der Waals surface area contributed by atoms with Gasteiger partial charge in [-0.25, -0.2) is 4.79 Å². The second-order valence-electron chi connectivity index (χ2n) is 4.78. The van der Waals surface area contributed by atoms with Crippen molar-refractivity contribution in [2.45, 2.75) is 26.4 Å². The van der Waals surface area contributed by atoms with Gasteiger partial charge >= 0.3 is 6.09 Å². The number of alkyl carbamates (subject to hydrolysis) is 1. The van der Waals surface area contributed by atoms with Gasteiger partial charge in [-0.15, -0.1) is 0 Å². The van der Waals surface area contributed by atoms with Crippen molar-refractivity contribution >= 4 is 23.0 Å². The summed E-state index contributed by atoms with van der Waals surface area (Å²) in [5, 5.41) is 3.80. The third kappa shape index (κ3) is 5.30. The molecule has 0 bridgehead atoms. The molecule has 0 aromatic heterocycles. The Kier molecular flexibility index (Phi) is 5.11. The van der Waals surface area contributed by atoms with E-state index >= 15 is 0 Å². The molecule has 1 aliphatic heterocycles. The van der Waals surface area contributed by atoms with Crippen LogP contribution in [0.4, 0.5) is 4.79 Å². The molecule has 0 spiro atoms. The number of ether oxygens (including phenoxy) is 1. The van der Waals surface area contributed by atoms with Crippen molar-refractivity contribution in [2.75, 3.05) is 32.4 Å². The van der Waals surface area contributed by atoms with E-state index in [4.69, 9.17) is 4.74 Å². The number of amidine groups is 1. The van der Waals surface area contributed by atoms with Crippen molar-refractivity contribution in [3.8, 4) is 0 Å². The lowest BCUT2D eigenvalue weighted by molar-refractivity contribution is 0.0526. The van der Waals surface area contributed by atoms with Crippen LogP contribution in [0.15, 0.2) is 4.99 Å². The van der Waals surface area contributed by atoms with Gasteiger partial charge in [0.1, 0.15) is 5.60 Å². The van der Waals surface area contributed by atoms with E-state index in [-0.39, 0.29) is 6.09 Å². The second-order valence-corrected chi connectivity index (χ2v) is 5.56. The number of hydrogen-bond donors (Lipinski definition) is 1. The summed E-state index contributed by atoms with van der Waals surface area (Å²) in [6.07, 6.45) is 1.65. The Morgan fingerprint density at radius 2 is 2.29 bits per heavy atom. The molecule has 0 aliphatic carbocycles. The third-order valence-electron chi connectivity index (χ3n) is 2.12. The SMILES string of the molecule is CSC1=NCCN1CCNC(=O)OC(C)(C)C. The van der Waals surface area contributed by atoms with Crippen molar-refractivity contribution < 1.29 is 9.53 Å². The average Bonchev–Trinajstić information content (AvgIpc) is 2.62. The molecule has 5 nitrogen and oxygen atoms in total. The minimum Gasteiger partial charge on any atom is -0.444 e. The van der Waals surface area contributed by atoms with Crippen LogP contribution in [0, 0.1) is 0 Å². The third-order valence-corrected chi connectivity index (χ3v) is 2.87. The number of rotatable bonds is 3. The molecule has 1 heterocycles. The van der Waals surface area contributed by atoms with Crippen molar-refractivity contribution in [2.24, 2.45) is 4.99 Å². The van der Waals surface area contributed by atoms with Crippen molar-refractivity contribution in [3.05, 3.63) is 0 Å². The summed E-state index contributed by atoms with van der Waals surface area (Å²) in [7, 11) is 0. The number of amides is 1. The van der Waals surface area contributed by atoms with E-state index < -0.39 is 5.60 Å². The molecule has 6 heteroatoms. The number of carbonyl (C=O) groups excluding carboxylic acids is 1. The molecule has 17 heavy (non-hydrogen) atoms. The van der Waals surface area contributed by atoms with Gasteiger partial charge in [-0.2, -0.15) is 0 Å². The molecule has 0 unspecified atom stereocenters. The minimum atomic E-state index is -0.441. The highest BCUT2D eigenvalue weighted by Gasteiger charge is 2.18. The number of aliphatic imine (C=N–C) groups is 1. The zero-order valence-electron chi connectivity index (χ0n) is 10.9. The first-order chi connectivity index (χ1) is 7.92. The van der Waals surface area contributed by atoms with E-state index in [1.54, 1.807) is 11.8 Å². The van der Waals surface area contributed by atoms with Crippen molar-refractivity contribution in [3.63, 3.8) is 0 Å². The van der Waals surface area contributed by atoms with Gasteiger partial charge in [0.15, 0.2) is 5.17 Å². The van der Waals surface area contributed by atoms with Crippen molar-refractivity contribution in [1.82, 2.24) is 10.2 Å². The molecule has 0 radical (unpaired) electrons. The highest BCUT2D eigenvalue weighted by molar-refractivity contribution is 8.13. The van der Waals surface area contributed by atoms with Crippen LogP contribution in [0.25, 0.3) is 0 Å². The zero-order chi connectivity index (χ0) is 12.9. The first-order valence-corrected chi connectivity index (χ1v) is 6.95. The Balaban J connectivity index is 2.20. The maximum absolute atomic E-state index is 11.4. The Hall–Kier alpha value is -0.910. The Morgan fingerprint density at radius 1 is 1.59 bits per heavy atom. The molecule has 0 aromatic carbocycles. The molecule has 0 aromatic rings. The molecular weight excluding hydrogens is 238 g/mol. The highest BCUT2D eigenvalue weighted by atomic mass is 32.2. The fourth-order valence-electron chi connectivity index (χ4n) is 1.47. The van der Waals surface area contributed by atoms with Crippen LogP contribution in [0.1, 0.15) is 20.8 Å². The largest absolute Gasteiger partial charge is 0.444 e. The van der Waals surface area contributed by atoms with Gasteiger partial charge in [0.2, 0.25) is 0 Å². The first kappa shape index (κ1) is 14.2. The average molecular weight is 259 g/mol. The molecule has 98 valence electrons. The van der Waals surface area contributed by atoms with Gasteiger partial charge in [-0.05, 0) is 27.0 Å². The van der Waals surface area contributed by atoms with Crippen LogP contribution >= 0.6 is 11.8 Å². The molecular formula is C11H21N3O2S. The number of nitrogens with zero attached hydrogens (tertiary/aromatic N) is 2. The van der Waals surface area contributed by atoms with E-state index in [9.17, 15) is 4.79 Å². The van der Waals surface area contributed by atoms with Crippen LogP contribution in [-0.4, -0.2) is 54.2 Å². The van der Waals surface area contributed by atoms with E-state index in [1.807, 2.05) is 27.0 Å². The van der Waals surface area contributed by atoms with E-state index in [2.05, 4.69) is 15.2 Å². The monoisotopic (exact) mass is 259 g/mol. The molecule has 0 atom stereocenters. The first-order valence-electron chi connectivity index (χ1n) is 5.72. The molecule has 1 N–H and O–H groups in total. The summed E-state index contributed by atoms with van der Waals surface area (Å²) < 4.78 is 5.15. The van der Waals surface area contributed by atoms with Gasteiger partial charge in [0.25, 0.3) is 0 Å². The molecule has 1 rings (SSSR count). The quantitative estimate of drug-likeness (QED) is 0.835. The van der Waals surface area contributed by atoms with E-state index in [0.29, 0.717) is 6.54 Å². The molecule has 1 amide bonds. The van der Waals surface area contributed by atoms with Gasteiger partial charge in [0.05, 0.1) is 6.54 Å². The normalized spacial score (nSPS) is 15.8. The summed E-state index contributed by atoms with van der Waals surface area (Å²) in [5.74, 6) is 0. The summed E-state index contributed by atoms with van der Waals surface area (Å²) in [5.41, 5.74) is -0.441. The van der Waals surface area contributed by atoms with Crippen LogP contribution in [0.5, 0.6) is 0 Å². The van der Waals surface area contributed by atoms with Crippen molar-refractivity contribution in [1.29, 1.82) is 0 Å². The van der Waals surface area contributed by atoms with Gasteiger partial charge in [0, 0.05) is 19.6 Å². The Morgan fingerprint density at radius 3 is 2.88 bits per heavy atom. The number of hydrogen-bond acceptors (Lipinski definition) is 5. The fraction of sp³-hybridized carbons (Fsp3) is 0.818. The van der Waals surface area contributed by atoms with Crippen LogP contribution in [0.3, 0.4) is 0 Å². The predicted octanol–water partition coefficient (Wildman–Crippen LogP) is 1.55. The summed E-state index contributed by atoms with van der Waals surface area (Å²) in [6, 6.07) is 0. The number of carbonyl (C=O) groups is 1. The highest BCUT2D eigenvalue weighted by Crippen LogP contribution is 2.10. The van der Waals surface area contributed by atoms with Gasteiger partial charge in [-0.1, -0.05) is 11.8 Å². The minimum absolute atomic E-state index is 0.362. The Bertz CT molecular complexity index is 300. The lowest BCUT2D eigenvalue weighted by Gasteiger charge is -2.21. The lowest BCUT2D eigenvalue weighted by Crippen LogP contribution is -2.38.